The molecule has 1 aliphatic rings. The minimum absolute atomic E-state index is 0.133. The molecule has 0 aromatic carbocycles. The molecule has 0 unspecified atom stereocenters. The van der Waals surface area contributed by atoms with Crippen LogP contribution in [0, 0.1) is 13.8 Å². The Morgan fingerprint density at radius 2 is 1.83 bits per heavy atom. The van der Waals surface area contributed by atoms with Crippen LogP contribution in [0.1, 0.15) is 52.9 Å². The van der Waals surface area contributed by atoms with Crippen molar-refractivity contribution in [1.82, 2.24) is 14.1 Å². The van der Waals surface area contributed by atoms with Crippen LogP contribution in [0.5, 0.6) is 0 Å². The summed E-state index contributed by atoms with van der Waals surface area (Å²) in [5, 5.41) is 4.48. The van der Waals surface area contributed by atoms with Crippen molar-refractivity contribution in [2.75, 3.05) is 13.1 Å². The van der Waals surface area contributed by atoms with Gasteiger partial charge in [0, 0.05) is 13.1 Å². The molecule has 132 valence electrons. The molecule has 1 saturated heterocycles. The lowest BCUT2D eigenvalue weighted by molar-refractivity contribution is -0.109. The molecule has 0 saturated carbocycles. The highest BCUT2D eigenvalue weighted by atomic mass is 32.2. The monoisotopic (exact) mass is 343 g/mol. The zero-order valence-electron chi connectivity index (χ0n) is 15.5. The minimum Gasteiger partial charge on any atom is -0.370 e. The number of aryl methyl sites for hydroxylation is 1. The van der Waals surface area contributed by atoms with E-state index >= 15 is 0 Å². The Labute approximate surface area is 139 Å². The molecule has 1 aromatic heterocycles. The van der Waals surface area contributed by atoms with E-state index in [4.69, 9.17) is 4.74 Å². The third kappa shape index (κ3) is 3.46. The quantitative estimate of drug-likeness (QED) is 0.827. The number of ether oxygens (including phenoxy) is 1. The zero-order valence-corrected chi connectivity index (χ0v) is 16.3. The molecule has 0 amide bonds. The van der Waals surface area contributed by atoms with Gasteiger partial charge in [0.2, 0.25) is 10.0 Å². The van der Waals surface area contributed by atoms with Crippen LogP contribution < -0.4 is 0 Å². The van der Waals surface area contributed by atoms with Crippen molar-refractivity contribution in [3.8, 4) is 0 Å². The molecule has 0 radical (unpaired) electrons. The average molecular weight is 343 g/mol. The Morgan fingerprint density at radius 1 is 1.26 bits per heavy atom. The molecule has 0 spiro atoms. The van der Waals surface area contributed by atoms with Gasteiger partial charge in [-0.3, -0.25) is 4.68 Å². The highest BCUT2D eigenvalue weighted by molar-refractivity contribution is 7.89. The number of morpholine rings is 1. The highest BCUT2D eigenvalue weighted by Gasteiger charge is 2.40. The van der Waals surface area contributed by atoms with Crippen molar-refractivity contribution in [3.05, 3.63) is 11.4 Å². The van der Waals surface area contributed by atoms with Gasteiger partial charge in [0.25, 0.3) is 0 Å². The van der Waals surface area contributed by atoms with Gasteiger partial charge in [-0.15, -0.1) is 0 Å². The largest absolute Gasteiger partial charge is 0.370 e. The number of hydrogen-bond donors (Lipinski definition) is 0. The molecule has 23 heavy (non-hydrogen) atoms. The standard InChI is InChI=1S/C16H29N3O3S/c1-11-9-18(10-16(7,8)22-11)23(20,21)14-12(2)17-19(13(14)3)15(4,5)6/h11H,9-10H2,1-8H3/t11-/m0/s1. The van der Waals surface area contributed by atoms with Crippen molar-refractivity contribution in [2.24, 2.45) is 0 Å². The van der Waals surface area contributed by atoms with Crippen LogP contribution >= 0.6 is 0 Å². The third-order valence-corrected chi connectivity index (χ3v) is 6.06. The Balaban J connectivity index is 2.51. The van der Waals surface area contributed by atoms with E-state index in [1.165, 1.54) is 4.31 Å². The Bertz CT molecular complexity index is 699. The van der Waals surface area contributed by atoms with Gasteiger partial charge in [-0.05, 0) is 55.4 Å². The van der Waals surface area contributed by atoms with E-state index in [0.29, 0.717) is 29.4 Å². The fraction of sp³-hybridized carbons (Fsp3) is 0.812. The third-order valence-electron chi connectivity index (χ3n) is 4.00. The fourth-order valence-corrected chi connectivity index (χ4v) is 5.38. The molecular formula is C16H29N3O3S. The molecule has 0 N–H and O–H groups in total. The van der Waals surface area contributed by atoms with Crippen LogP contribution in [0.4, 0.5) is 0 Å². The predicted molar refractivity (Wildman–Crippen MR) is 90.1 cm³/mol. The van der Waals surface area contributed by atoms with Gasteiger partial charge in [0.1, 0.15) is 4.90 Å². The summed E-state index contributed by atoms with van der Waals surface area (Å²) in [5.74, 6) is 0. The minimum atomic E-state index is -3.60. The first kappa shape index (κ1) is 18.4. The van der Waals surface area contributed by atoms with Gasteiger partial charge in [-0.25, -0.2) is 8.42 Å². The molecule has 1 aliphatic heterocycles. The van der Waals surface area contributed by atoms with E-state index in [9.17, 15) is 8.42 Å². The molecule has 1 fully saturated rings. The van der Waals surface area contributed by atoms with Crippen LogP contribution in [0.2, 0.25) is 0 Å². The van der Waals surface area contributed by atoms with Crippen LogP contribution in [0.3, 0.4) is 0 Å². The second-order valence-electron chi connectivity index (χ2n) is 8.07. The maximum absolute atomic E-state index is 13.2. The van der Waals surface area contributed by atoms with Gasteiger partial charge in [0.05, 0.1) is 28.6 Å². The topological polar surface area (TPSA) is 64.4 Å². The summed E-state index contributed by atoms with van der Waals surface area (Å²) in [4.78, 5) is 0.331. The van der Waals surface area contributed by atoms with Crippen LogP contribution in [0.15, 0.2) is 4.90 Å². The molecule has 6 nitrogen and oxygen atoms in total. The molecule has 2 heterocycles. The second kappa shape index (κ2) is 5.57. The van der Waals surface area contributed by atoms with Crippen molar-refractivity contribution in [2.45, 2.75) is 77.5 Å². The number of rotatable bonds is 2. The van der Waals surface area contributed by atoms with E-state index in [0.717, 1.165) is 0 Å². The summed E-state index contributed by atoms with van der Waals surface area (Å²) >= 11 is 0. The van der Waals surface area contributed by atoms with Gasteiger partial charge in [0.15, 0.2) is 0 Å². The zero-order chi connectivity index (χ0) is 17.8. The number of nitrogens with zero attached hydrogens (tertiary/aromatic N) is 3. The Hall–Kier alpha value is -0.920. The van der Waals surface area contributed by atoms with Crippen LogP contribution in [0.25, 0.3) is 0 Å². The predicted octanol–water partition coefficient (Wildman–Crippen LogP) is 2.44. The lowest BCUT2D eigenvalue weighted by Gasteiger charge is -2.40. The lowest BCUT2D eigenvalue weighted by atomic mass is 10.1. The first-order valence-electron chi connectivity index (χ1n) is 8.00. The van der Waals surface area contributed by atoms with Gasteiger partial charge < -0.3 is 4.74 Å². The van der Waals surface area contributed by atoms with E-state index in [2.05, 4.69) is 5.10 Å². The fourth-order valence-electron chi connectivity index (χ4n) is 3.36. The van der Waals surface area contributed by atoms with Crippen molar-refractivity contribution in [3.63, 3.8) is 0 Å². The summed E-state index contributed by atoms with van der Waals surface area (Å²) in [6.07, 6.45) is -0.133. The molecular weight excluding hydrogens is 314 g/mol. The summed E-state index contributed by atoms with van der Waals surface area (Å²) in [7, 11) is -3.60. The molecule has 0 bridgehead atoms. The van der Waals surface area contributed by atoms with E-state index < -0.39 is 15.6 Å². The lowest BCUT2D eigenvalue weighted by Crippen LogP contribution is -2.53. The number of hydrogen-bond acceptors (Lipinski definition) is 4. The van der Waals surface area contributed by atoms with Gasteiger partial charge in [-0.2, -0.15) is 9.40 Å². The van der Waals surface area contributed by atoms with Crippen LogP contribution in [-0.4, -0.2) is 47.3 Å². The Morgan fingerprint density at radius 3 is 2.26 bits per heavy atom. The molecule has 7 heteroatoms. The second-order valence-corrected chi connectivity index (χ2v) is 9.94. The van der Waals surface area contributed by atoms with E-state index in [1.807, 2.05) is 48.5 Å². The summed E-state index contributed by atoms with van der Waals surface area (Å²) in [6, 6.07) is 0. The van der Waals surface area contributed by atoms with Gasteiger partial charge in [-0.1, -0.05) is 0 Å². The molecule has 1 atom stereocenters. The maximum atomic E-state index is 13.2. The summed E-state index contributed by atoms with van der Waals surface area (Å²) in [6.45, 7) is 16.1. The highest BCUT2D eigenvalue weighted by Crippen LogP contribution is 2.31. The van der Waals surface area contributed by atoms with Crippen molar-refractivity contribution < 1.29 is 13.2 Å². The van der Waals surface area contributed by atoms with Crippen LogP contribution in [-0.2, 0) is 20.3 Å². The SMILES string of the molecule is Cc1nn(C(C)(C)C)c(C)c1S(=O)(=O)N1C[C@H](C)OC(C)(C)C1. The smallest absolute Gasteiger partial charge is 0.246 e. The molecule has 1 aromatic rings. The first-order valence-corrected chi connectivity index (χ1v) is 9.44. The van der Waals surface area contributed by atoms with E-state index in [1.54, 1.807) is 11.6 Å². The summed E-state index contributed by atoms with van der Waals surface area (Å²) in [5.41, 5.74) is 0.480. The van der Waals surface area contributed by atoms with Crippen molar-refractivity contribution in [1.29, 1.82) is 0 Å². The average Bonchev–Trinajstić information content (AvgIpc) is 2.62. The first-order chi connectivity index (χ1) is 10.3. The molecule has 0 aliphatic carbocycles. The summed E-state index contributed by atoms with van der Waals surface area (Å²) < 4.78 is 35.6. The molecule has 2 rings (SSSR count). The van der Waals surface area contributed by atoms with Crippen molar-refractivity contribution >= 4 is 10.0 Å². The number of aromatic nitrogens is 2. The van der Waals surface area contributed by atoms with E-state index in [-0.39, 0.29) is 11.6 Å². The van der Waals surface area contributed by atoms with Gasteiger partial charge >= 0.3 is 0 Å². The maximum Gasteiger partial charge on any atom is 0.246 e. The normalized spacial score (nSPS) is 23.2. The number of sulfonamides is 1. The Kier molecular flexibility index (Phi) is 4.46.